The highest BCUT2D eigenvalue weighted by molar-refractivity contribution is 7.93. The number of benzene rings is 1. The molecule has 196 valence electrons. The van der Waals surface area contributed by atoms with E-state index in [0.29, 0.717) is 18.0 Å². The van der Waals surface area contributed by atoms with Gasteiger partial charge in [-0.15, -0.1) is 11.3 Å². The molecule has 1 unspecified atom stereocenters. The second-order valence-corrected chi connectivity index (χ2v) is 13.0. The molecule has 1 saturated heterocycles. The molecular formula is C27H33N5O2S3. The van der Waals surface area contributed by atoms with Crippen molar-refractivity contribution in [3.05, 3.63) is 41.9 Å². The second-order valence-electron chi connectivity index (χ2n) is 9.30. The lowest BCUT2D eigenvalue weighted by atomic mass is 10.0. The Hall–Kier alpha value is -2.21. The topological polar surface area (TPSA) is 90.6 Å². The summed E-state index contributed by atoms with van der Waals surface area (Å²) in [4.78, 5) is 14.9. The molecule has 1 aromatic carbocycles. The molecule has 0 amide bonds. The fourth-order valence-corrected chi connectivity index (χ4v) is 7.81. The quantitative estimate of drug-likeness (QED) is 0.269. The minimum atomic E-state index is -1.13. The normalized spacial score (nSPS) is 15.9. The second kappa shape index (κ2) is 12.1. The number of fused-ring (bicyclic) bond motifs is 1. The van der Waals surface area contributed by atoms with Crippen molar-refractivity contribution in [1.82, 2.24) is 19.8 Å². The summed E-state index contributed by atoms with van der Waals surface area (Å²) < 4.78 is 19.8. The van der Waals surface area contributed by atoms with Gasteiger partial charge in [0.15, 0.2) is 0 Å². The van der Waals surface area contributed by atoms with Gasteiger partial charge in [0.25, 0.3) is 0 Å². The van der Waals surface area contributed by atoms with E-state index < -0.39 is 11.2 Å². The number of anilines is 1. The van der Waals surface area contributed by atoms with Gasteiger partial charge in [0, 0.05) is 49.7 Å². The Kier molecular flexibility index (Phi) is 8.63. The molecule has 0 saturated carbocycles. The van der Waals surface area contributed by atoms with Crippen molar-refractivity contribution in [2.45, 2.75) is 24.0 Å². The van der Waals surface area contributed by atoms with Crippen molar-refractivity contribution in [2.75, 3.05) is 57.9 Å². The number of nitrogens with two attached hydrogens (primary N) is 1. The lowest BCUT2D eigenvalue weighted by Crippen LogP contribution is -2.45. The van der Waals surface area contributed by atoms with Crippen molar-refractivity contribution < 1.29 is 9.29 Å². The maximum atomic E-state index is 13.0. The number of hydrogen-bond donors (Lipinski definition) is 1. The van der Waals surface area contributed by atoms with Gasteiger partial charge < -0.3 is 19.9 Å². The van der Waals surface area contributed by atoms with Gasteiger partial charge in [-0.2, -0.15) is 0 Å². The summed E-state index contributed by atoms with van der Waals surface area (Å²) in [5.41, 5.74) is 10.0. The minimum absolute atomic E-state index is 0.579. The third kappa shape index (κ3) is 6.10. The molecule has 3 aromatic heterocycles. The summed E-state index contributed by atoms with van der Waals surface area (Å²) in [6.45, 7) is 8.10. The average Bonchev–Trinajstić information content (AvgIpc) is 3.57. The van der Waals surface area contributed by atoms with E-state index in [2.05, 4.69) is 40.9 Å². The number of rotatable bonds is 10. The van der Waals surface area contributed by atoms with E-state index in [1.807, 2.05) is 23.6 Å². The van der Waals surface area contributed by atoms with Gasteiger partial charge in [0.05, 0.1) is 0 Å². The fraction of sp³-hybridized carbons (Fsp3) is 0.407. The van der Waals surface area contributed by atoms with Gasteiger partial charge >= 0.3 is 0 Å². The molecule has 5 rings (SSSR count). The molecule has 1 fully saturated rings. The number of nitrogens with zero attached hydrogens (tertiary/aromatic N) is 4. The minimum Gasteiger partial charge on any atom is -0.611 e. The average molecular weight is 556 g/mol. The van der Waals surface area contributed by atoms with Crippen LogP contribution in [0.15, 0.2) is 46.1 Å². The number of pyridine rings is 1. The third-order valence-corrected chi connectivity index (χ3v) is 10.4. The fourth-order valence-electron chi connectivity index (χ4n) is 4.42. The number of ether oxygens (including phenoxy) is 1. The Morgan fingerprint density at radius 1 is 1.16 bits per heavy atom. The van der Waals surface area contributed by atoms with E-state index in [9.17, 15) is 4.55 Å². The molecule has 37 heavy (non-hydrogen) atoms. The third-order valence-electron chi connectivity index (χ3n) is 6.64. The Bertz CT molecular complexity index is 1300. The summed E-state index contributed by atoms with van der Waals surface area (Å²) in [5.74, 6) is 1.46. The number of unbranched alkanes of at least 4 members (excludes halogenated alkanes) is 1. The molecule has 1 aliphatic rings. The Labute approximate surface area is 229 Å². The highest BCUT2D eigenvalue weighted by Gasteiger charge is 2.25. The monoisotopic (exact) mass is 555 g/mol. The van der Waals surface area contributed by atoms with Crippen LogP contribution in [-0.2, 0) is 11.2 Å². The van der Waals surface area contributed by atoms with Crippen LogP contribution < -0.4 is 10.5 Å². The van der Waals surface area contributed by atoms with Crippen LogP contribution in [0.2, 0.25) is 0 Å². The van der Waals surface area contributed by atoms with Crippen LogP contribution in [0.5, 0.6) is 5.75 Å². The van der Waals surface area contributed by atoms with Crippen LogP contribution >= 0.6 is 22.7 Å². The lowest BCUT2D eigenvalue weighted by Gasteiger charge is -2.32. The summed E-state index contributed by atoms with van der Waals surface area (Å²) in [7, 11) is 2.17. The smallest absolute Gasteiger partial charge is 0.232 e. The zero-order valence-corrected chi connectivity index (χ0v) is 23.8. The van der Waals surface area contributed by atoms with Crippen molar-refractivity contribution in [2.24, 2.45) is 0 Å². The molecule has 1 aliphatic heterocycles. The van der Waals surface area contributed by atoms with E-state index in [4.69, 9.17) is 15.5 Å². The van der Waals surface area contributed by atoms with Gasteiger partial charge in [-0.1, -0.05) is 36.8 Å². The Morgan fingerprint density at radius 3 is 2.65 bits per heavy atom. The van der Waals surface area contributed by atoms with Crippen molar-refractivity contribution in [3.63, 3.8) is 0 Å². The molecule has 7 nitrogen and oxygen atoms in total. The van der Waals surface area contributed by atoms with Gasteiger partial charge in [0.2, 0.25) is 4.21 Å². The summed E-state index contributed by atoms with van der Waals surface area (Å²) >= 11 is 1.86. The van der Waals surface area contributed by atoms with E-state index >= 15 is 0 Å². The first-order chi connectivity index (χ1) is 18.0. The Balaban J connectivity index is 1.41. The van der Waals surface area contributed by atoms with Crippen molar-refractivity contribution in [1.29, 1.82) is 0 Å². The number of piperazine rings is 1. The van der Waals surface area contributed by atoms with E-state index in [-0.39, 0.29) is 0 Å². The molecule has 4 aromatic rings. The summed E-state index contributed by atoms with van der Waals surface area (Å²) in [5, 5.41) is 3.67. The van der Waals surface area contributed by atoms with Gasteiger partial charge in [-0.3, -0.25) is 4.90 Å². The standard InChI is InChI=1S/C27H33N5O2S3/c1-3-4-17-37(33)27-24(28)23-21(18-22(30-26(23)36-27)25-29-9-16-35-25)19-5-7-20(8-6-19)34-15-14-32-12-10-31(2)11-13-32/h5-9,16,18H,3-4,10-15,17,28H2,1-2H3. The largest absolute Gasteiger partial charge is 0.611 e. The van der Waals surface area contributed by atoms with E-state index in [1.165, 1.54) is 11.3 Å². The summed E-state index contributed by atoms with van der Waals surface area (Å²) in [6, 6.07) is 10.2. The van der Waals surface area contributed by atoms with Crippen molar-refractivity contribution >= 4 is 49.8 Å². The van der Waals surface area contributed by atoms with Crippen LogP contribution in [0, 0.1) is 0 Å². The highest BCUT2D eigenvalue weighted by atomic mass is 32.2. The lowest BCUT2D eigenvalue weighted by molar-refractivity contribution is 0.134. The van der Waals surface area contributed by atoms with E-state index in [1.54, 1.807) is 17.5 Å². The zero-order chi connectivity index (χ0) is 25.8. The number of likely N-dealkylation sites (N-methyl/N-ethyl adjacent to an activating group) is 1. The van der Waals surface area contributed by atoms with Gasteiger partial charge in [-0.25, -0.2) is 9.97 Å². The number of thiophene rings is 1. The molecule has 0 spiro atoms. The van der Waals surface area contributed by atoms with Crippen molar-refractivity contribution in [3.8, 4) is 27.6 Å². The van der Waals surface area contributed by atoms with Crippen LogP contribution in [0.3, 0.4) is 0 Å². The van der Waals surface area contributed by atoms with Gasteiger partial charge in [0.1, 0.15) is 39.3 Å². The maximum absolute atomic E-state index is 13.0. The predicted molar refractivity (Wildman–Crippen MR) is 156 cm³/mol. The number of aromatic nitrogens is 2. The molecule has 4 heterocycles. The van der Waals surface area contributed by atoms with Crippen LogP contribution in [0.4, 0.5) is 5.69 Å². The van der Waals surface area contributed by atoms with Crippen LogP contribution in [0.1, 0.15) is 19.8 Å². The van der Waals surface area contributed by atoms with Crippen LogP contribution in [-0.4, -0.2) is 76.5 Å². The SMILES string of the molecule is CCCC[S+]([O-])c1sc2nc(-c3nccs3)cc(-c3ccc(OCCN4CCN(C)CC4)cc3)c2c1N. The molecule has 0 bridgehead atoms. The molecular weight excluding hydrogens is 523 g/mol. The predicted octanol–water partition coefficient (Wildman–Crippen LogP) is 5.20. The summed E-state index contributed by atoms with van der Waals surface area (Å²) in [6.07, 6.45) is 3.69. The zero-order valence-electron chi connectivity index (χ0n) is 21.3. The Morgan fingerprint density at radius 2 is 1.95 bits per heavy atom. The molecule has 10 heteroatoms. The first-order valence-corrected chi connectivity index (χ1v) is 15.7. The molecule has 1 atom stereocenters. The molecule has 0 aliphatic carbocycles. The maximum Gasteiger partial charge on any atom is 0.232 e. The number of thiazole rings is 1. The molecule has 2 N–H and O–H groups in total. The van der Waals surface area contributed by atoms with E-state index in [0.717, 1.165) is 87.6 Å². The number of nitrogen functional groups attached to an aromatic ring is 1. The van der Waals surface area contributed by atoms with Crippen LogP contribution in [0.25, 0.3) is 32.0 Å². The number of hydrogen-bond acceptors (Lipinski definition) is 9. The van der Waals surface area contributed by atoms with Gasteiger partial charge in [-0.05, 0) is 54.0 Å². The molecule has 0 radical (unpaired) electrons. The first-order valence-electron chi connectivity index (χ1n) is 12.7. The highest BCUT2D eigenvalue weighted by Crippen LogP contribution is 2.44. The first kappa shape index (κ1) is 26.4.